The van der Waals surface area contributed by atoms with Gasteiger partial charge in [-0.2, -0.15) is 4.80 Å². The fraction of sp³-hybridized carbons (Fsp3) is 0.500. The highest BCUT2D eigenvalue weighted by molar-refractivity contribution is 5.99. The molecule has 4 unspecified atom stereocenters. The van der Waals surface area contributed by atoms with Gasteiger partial charge in [-0.1, -0.05) is 0 Å². The smallest absolute Gasteiger partial charge is 0.207 e. The predicted octanol–water partition coefficient (Wildman–Crippen LogP) is -1.79. The zero-order valence-corrected chi connectivity index (χ0v) is 14.1. The number of hydrogen-bond acceptors (Lipinski definition) is 10. The molecule has 4 rings (SSSR count). The lowest BCUT2D eigenvalue weighted by atomic mass is 9.95. The fourth-order valence-corrected chi connectivity index (χ4v) is 3.17. The number of nitrogen functional groups attached to an aromatic ring is 1. The molecule has 12 nitrogen and oxygen atoms in total. The van der Waals surface area contributed by atoms with Crippen LogP contribution in [0.5, 0.6) is 0 Å². The number of aliphatic hydroxyl groups excluding tert-OH is 2. The Bertz CT molecular complexity index is 967. The van der Waals surface area contributed by atoms with Crippen molar-refractivity contribution >= 4 is 16.9 Å². The van der Waals surface area contributed by atoms with Crippen molar-refractivity contribution in [1.82, 2.24) is 34.7 Å². The number of aliphatic hydroxyl groups is 3. The number of nitrogens with two attached hydrogens (primary N) is 1. The largest absolute Gasteiger partial charge is 0.394 e. The summed E-state index contributed by atoms with van der Waals surface area (Å²) in [7, 11) is 1.63. The predicted molar refractivity (Wildman–Crippen MR) is 87.4 cm³/mol. The van der Waals surface area contributed by atoms with Gasteiger partial charge in [-0.25, -0.2) is 9.97 Å². The molecular weight excluding hydrogens is 344 g/mol. The van der Waals surface area contributed by atoms with Crippen molar-refractivity contribution < 1.29 is 20.1 Å². The number of aromatic nitrogens is 7. The van der Waals surface area contributed by atoms with Crippen LogP contribution >= 0.6 is 0 Å². The maximum absolute atomic E-state index is 10.6. The molecule has 5 N–H and O–H groups in total. The van der Waals surface area contributed by atoms with Crippen LogP contribution in [0, 0.1) is 0 Å². The van der Waals surface area contributed by atoms with Crippen molar-refractivity contribution in [3.05, 3.63) is 12.5 Å². The second kappa shape index (κ2) is 5.67. The normalized spacial score (nSPS) is 28.9. The number of nitrogens with zero attached hydrogens (tertiary/aromatic N) is 7. The molecule has 138 valence electrons. The lowest BCUT2D eigenvalue weighted by Gasteiger charge is -2.25. The Morgan fingerprint density at radius 2 is 2.15 bits per heavy atom. The van der Waals surface area contributed by atoms with Gasteiger partial charge in [0, 0.05) is 6.20 Å². The molecule has 1 saturated heterocycles. The summed E-state index contributed by atoms with van der Waals surface area (Å²) in [4.78, 5) is 9.52. The molecular formula is C14H18N8O4. The Labute approximate surface area is 146 Å². The van der Waals surface area contributed by atoms with Gasteiger partial charge in [-0.3, -0.25) is 0 Å². The average molecular weight is 362 g/mol. The van der Waals surface area contributed by atoms with Crippen LogP contribution in [0.15, 0.2) is 12.5 Å². The number of rotatable bonds is 3. The van der Waals surface area contributed by atoms with Gasteiger partial charge >= 0.3 is 0 Å². The van der Waals surface area contributed by atoms with E-state index in [0.29, 0.717) is 22.4 Å². The van der Waals surface area contributed by atoms with Crippen molar-refractivity contribution in [3.63, 3.8) is 0 Å². The third-order valence-corrected chi connectivity index (χ3v) is 4.65. The van der Waals surface area contributed by atoms with Gasteiger partial charge in [0.25, 0.3) is 0 Å². The van der Waals surface area contributed by atoms with Crippen LogP contribution in [-0.4, -0.2) is 74.5 Å². The summed E-state index contributed by atoms with van der Waals surface area (Å²) in [5, 5.41) is 42.9. The first-order chi connectivity index (χ1) is 12.3. The molecule has 1 fully saturated rings. The van der Waals surface area contributed by atoms with E-state index in [1.807, 2.05) is 0 Å². The summed E-state index contributed by atoms with van der Waals surface area (Å²) in [6.45, 7) is 0.953. The number of anilines is 1. The molecule has 1 aliphatic rings. The zero-order valence-electron chi connectivity index (χ0n) is 14.1. The molecule has 0 spiro atoms. The summed E-state index contributed by atoms with van der Waals surface area (Å²) >= 11 is 0. The van der Waals surface area contributed by atoms with E-state index < -0.39 is 30.6 Å². The first-order valence-corrected chi connectivity index (χ1v) is 7.86. The highest BCUT2D eigenvalue weighted by atomic mass is 16.6. The summed E-state index contributed by atoms with van der Waals surface area (Å²) in [5.41, 5.74) is 5.26. The van der Waals surface area contributed by atoms with Gasteiger partial charge in [-0.05, 0) is 12.1 Å². The minimum absolute atomic E-state index is 0.203. The highest BCUT2D eigenvalue weighted by Crippen LogP contribution is 2.40. The molecule has 0 radical (unpaired) electrons. The molecule has 4 atom stereocenters. The molecule has 0 amide bonds. The molecule has 3 aromatic heterocycles. The topological polar surface area (TPSA) is 170 Å². The van der Waals surface area contributed by atoms with Gasteiger partial charge in [0.15, 0.2) is 6.23 Å². The van der Waals surface area contributed by atoms with E-state index in [1.54, 1.807) is 13.2 Å². The molecule has 3 aromatic rings. The minimum Gasteiger partial charge on any atom is -0.394 e. The summed E-state index contributed by atoms with van der Waals surface area (Å²) in [5.74, 6) is 0.505. The fourth-order valence-electron chi connectivity index (χ4n) is 3.17. The molecule has 0 aromatic carbocycles. The van der Waals surface area contributed by atoms with Crippen LogP contribution in [-0.2, 0) is 11.8 Å². The summed E-state index contributed by atoms with van der Waals surface area (Å²) in [6, 6.07) is 0. The molecule has 0 saturated carbocycles. The highest BCUT2D eigenvalue weighted by Gasteiger charge is 2.53. The molecule has 0 aliphatic carbocycles. The van der Waals surface area contributed by atoms with Crippen molar-refractivity contribution in [1.29, 1.82) is 0 Å². The third kappa shape index (κ3) is 2.27. The molecule has 12 heteroatoms. The molecule has 4 heterocycles. The van der Waals surface area contributed by atoms with Crippen LogP contribution in [0.3, 0.4) is 0 Å². The van der Waals surface area contributed by atoms with E-state index >= 15 is 0 Å². The van der Waals surface area contributed by atoms with Crippen LogP contribution in [0.2, 0.25) is 0 Å². The maximum atomic E-state index is 10.6. The van der Waals surface area contributed by atoms with Gasteiger partial charge in [-0.15, -0.1) is 10.2 Å². The average Bonchev–Trinajstić information content (AvgIpc) is 3.25. The second-order valence-corrected chi connectivity index (χ2v) is 6.38. The van der Waals surface area contributed by atoms with E-state index in [9.17, 15) is 15.3 Å². The summed E-state index contributed by atoms with van der Waals surface area (Å²) < 4.78 is 7.20. The quantitative estimate of drug-likeness (QED) is 0.417. The Morgan fingerprint density at radius 3 is 2.77 bits per heavy atom. The lowest BCUT2D eigenvalue weighted by Crippen LogP contribution is -2.46. The first kappa shape index (κ1) is 16.8. The number of ether oxygens (including phenoxy) is 1. The van der Waals surface area contributed by atoms with Crippen LogP contribution in [0.4, 0.5) is 5.82 Å². The Morgan fingerprint density at radius 1 is 1.38 bits per heavy atom. The van der Waals surface area contributed by atoms with Gasteiger partial charge < -0.3 is 30.4 Å². The Kier molecular flexibility index (Phi) is 3.66. The minimum atomic E-state index is -1.64. The Balaban J connectivity index is 1.91. The van der Waals surface area contributed by atoms with E-state index in [2.05, 4.69) is 25.4 Å². The van der Waals surface area contributed by atoms with Crippen molar-refractivity contribution in [2.24, 2.45) is 7.05 Å². The Hall–Kier alpha value is -2.67. The molecule has 26 heavy (non-hydrogen) atoms. The SMILES string of the molecule is Cn1nnc(-c2cn(C3OC(CO)C(C)(O)C3O)c3ncnc(N)c23)n1. The van der Waals surface area contributed by atoms with Gasteiger partial charge in [0.05, 0.1) is 24.6 Å². The monoisotopic (exact) mass is 362 g/mol. The lowest BCUT2D eigenvalue weighted by molar-refractivity contribution is -0.0804. The zero-order chi connectivity index (χ0) is 18.6. The van der Waals surface area contributed by atoms with E-state index in [1.165, 1.54) is 22.6 Å². The number of fused-ring (bicyclic) bond motifs is 1. The van der Waals surface area contributed by atoms with Crippen molar-refractivity contribution in [2.75, 3.05) is 12.3 Å². The number of tetrazole rings is 1. The van der Waals surface area contributed by atoms with E-state index in [4.69, 9.17) is 10.5 Å². The van der Waals surface area contributed by atoms with E-state index in [-0.39, 0.29) is 5.82 Å². The molecule has 1 aliphatic heterocycles. The second-order valence-electron chi connectivity index (χ2n) is 6.38. The van der Waals surface area contributed by atoms with Crippen LogP contribution in [0.25, 0.3) is 22.4 Å². The standard InChI is InChI=1S/C14H18N8O4/c1-14(25)7(4-23)26-13(9(14)24)22-3-6(11-18-20-21(2)19-11)8-10(15)16-5-17-12(8)22/h3,5,7,9,13,23-25H,4H2,1-2H3,(H2,15,16,17). The first-order valence-electron chi connectivity index (χ1n) is 7.86. The van der Waals surface area contributed by atoms with Gasteiger partial charge in [0.1, 0.15) is 35.6 Å². The van der Waals surface area contributed by atoms with Crippen molar-refractivity contribution in [3.8, 4) is 11.4 Å². The number of hydrogen-bond donors (Lipinski definition) is 4. The van der Waals surface area contributed by atoms with Crippen molar-refractivity contribution in [2.45, 2.75) is 31.0 Å². The third-order valence-electron chi connectivity index (χ3n) is 4.65. The van der Waals surface area contributed by atoms with Crippen LogP contribution in [0.1, 0.15) is 13.2 Å². The van der Waals surface area contributed by atoms with E-state index in [0.717, 1.165) is 0 Å². The maximum Gasteiger partial charge on any atom is 0.207 e. The summed E-state index contributed by atoms with van der Waals surface area (Å²) in [6.07, 6.45) is -0.378. The molecule has 0 bridgehead atoms. The number of aryl methyl sites for hydroxylation is 1. The van der Waals surface area contributed by atoms with Gasteiger partial charge in [0.2, 0.25) is 5.82 Å². The van der Waals surface area contributed by atoms with Crippen LogP contribution < -0.4 is 5.73 Å².